The maximum atomic E-state index is 15.3. The summed E-state index contributed by atoms with van der Waals surface area (Å²) in [5.41, 5.74) is 8.99. The smallest absolute Gasteiger partial charge is 0.407 e. The van der Waals surface area contributed by atoms with E-state index in [0.29, 0.717) is 54.8 Å². The molecule has 0 radical (unpaired) electrons. The van der Waals surface area contributed by atoms with E-state index in [9.17, 15) is 18.3 Å². The third kappa shape index (κ3) is 7.45. The maximum absolute atomic E-state index is 15.3. The fraction of sp³-hybridized carbons (Fsp3) is 0.581. The van der Waals surface area contributed by atoms with Crippen LogP contribution in [0.3, 0.4) is 0 Å². The molecule has 2 heterocycles. The first-order valence-corrected chi connectivity index (χ1v) is 17.0. The van der Waals surface area contributed by atoms with Crippen molar-refractivity contribution in [3.63, 3.8) is 0 Å². The highest BCUT2D eigenvalue weighted by molar-refractivity contribution is 7.90. The highest BCUT2D eigenvalue weighted by atomic mass is 35.5. The Balaban J connectivity index is 1.32. The molecule has 2 aliphatic heterocycles. The third-order valence-electron chi connectivity index (χ3n) is 9.08. The fourth-order valence-electron chi connectivity index (χ4n) is 6.81. The monoisotopic (exact) mass is 636 g/mol. The van der Waals surface area contributed by atoms with E-state index in [4.69, 9.17) is 22.1 Å². The molecule has 2 aromatic rings. The first kappa shape index (κ1) is 32.0. The Bertz CT molecular complexity index is 1370. The molecule has 4 N–H and O–H groups in total. The van der Waals surface area contributed by atoms with Gasteiger partial charge in [0.05, 0.1) is 5.25 Å². The molecule has 0 spiro atoms. The van der Waals surface area contributed by atoms with Gasteiger partial charge in [0, 0.05) is 73.2 Å². The fourth-order valence-corrected chi connectivity index (χ4v) is 9.17. The number of anilines is 1. The number of hydrogen-bond acceptors (Lipinski definition) is 6. The molecule has 1 saturated carbocycles. The number of hydrogen-bond donors (Lipinski definition) is 3. The molecule has 1 amide bonds. The van der Waals surface area contributed by atoms with Gasteiger partial charge in [-0.05, 0) is 81.2 Å². The molecule has 9 nitrogen and oxygen atoms in total. The molecule has 12 heteroatoms. The van der Waals surface area contributed by atoms with Crippen molar-refractivity contribution in [1.29, 1.82) is 0 Å². The van der Waals surface area contributed by atoms with Crippen LogP contribution in [0.2, 0.25) is 5.02 Å². The average molecular weight is 637 g/mol. The van der Waals surface area contributed by atoms with Crippen LogP contribution < -0.4 is 11.1 Å². The summed E-state index contributed by atoms with van der Waals surface area (Å²) in [6, 6.07) is 11.3. The van der Waals surface area contributed by atoms with Gasteiger partial charge in [0.15, 0.2) is 0 Å². The second-order valence-corrected chi connectivity index (χ2v) is 14.7. The van der Waals surface area contributed by atoms with Gasteiger partial charge in [0.1, 0.15) is 5.82 Å². The maximum Gasteiger partial charge on any atom is 0.407 e. The predicted molar refractivity (Wildman–Crippen MR) is 166 cm³/mol. The number of halogens is 2. The molecule has 0 aromatic heterocycles. The van der Waals surface area contributed by atoms with Crippen LogP contribution in [0, 0.1) is 11.7 Å². The van der Waals surface area contributed by atoms with Crippen LogP contribution >= 0.6 is 11.6 Å². The standard InChI is InChI=1S/C31H42ClFN4O5S/c1-20-18-36(31(38)39)19-24(37(20)43(40,41)25-10-11-25)9-12-26-27(33)3-2-4-29(26)35-17-28(34)30(22-13-15-42-16-14-22)21-5-7-23(32)8-6-21/h2-8,20,22,24-25,28,30,35H,9-19,34H2,1H3,(H,38,39). The van der Waals surface area contributed by atoms with E-state index in [1.54, 1.807) is 13.0 Å². The SMILES string of the molecule is CC1CN(C(=O)O)CC(CCc2c(F)cccc2NCC(N)C(c2ccc(Cl)cc2)C2CCOCC2)N1S(=O)(=O)C1CC1. The van der Waals surface area contributed by atoms with Gasteiger partial charge < -0.3 is 25.8 Å². The van der Waals surface area contributed by atoms with Crippen molar-refractivity contribution >= 4 is 33.4 Å². The summed E-state index contributed by atoms with van der Waals surface area (Å²) < 4.78 is 49.1. The lowest BCUT2D eigenvalue weighted by molar-refractivity contribution is 0.0551. The highest BCUT2D eigenvalue weighted by Crippen LogP contribution is 2.37. The number of rotatable bonds is 11. The molecule has 43 heavy (non-hydrogen) atoms. The van der Waals surface area contributed by atoms with Crippen LogP contribution in [0.4, 0.5) is 14.9 Å². The molecule has 4 atom stereocenters. The number of piperazine rings is 1. The summed E-state index contributed by atoms with van der Waals surface area (Å²) in [7, 11) is -3.56. The molecule has 236 valence electrons. The van der Waals surface area contributed by atoms with E-state index in [1.165, 1.54) is 15.3 Å². The van der Waals surface area contributed by atoms with Crippen LogP contribution in [0.5, 0.6) is 0 Å². The van der Waals surface area contributed by atoms with Crippen molar-refractivity contribution in [3.8, 4) is 0 Å². The number of amides is 1. The summed E-state index contributed by atoms with van der Waals surface area (Å²) in [5, 5.41) is 13.3. The summed E-state index contributed by atoms with van der Waals surface area (Å²) in [6.07, 6.45) is 2.49. The Kier molecular flexibility index (Phi) is 10.2. The first-order valence-electron chi connectivity index (χ1n) is 15.2. The molecule has 3 fully saturated rings. The third-order valence-corrected chi connectivity index (χ3v) is 11.9. The van der Waals surface area contributed by atoms with Gasteiger partial charge in [-0.15, -0.1) is 0 Å². The molecule has 5 rings (SSSR count). The lowest BCUT2D eigenvalue weighted by atomic mass is 9.77. The minimum absolute atomic E-state index is 0.0533. The lowest BCUT2D eigenvalue weighted by Crippen LogP contribution is -2.61. The van der Waals surface area contributed by atoms with Crippen molar-refractivity contribution in [2.75, 3.05) is 38.2 Å². The van der Waals surface area contributed by atoms with E-state index in [0.717, 1.165) is 18.4 Å². The van der Waals surface area contributed by atoms with Gasteiger partial charge in [0.25, 0.3) is 0 Å². The first-order chi connectivity index (χ1) is 20.6. The van der Waals surface area contributed by atoms with Gasteiger partial charge in [-0.2, -0.15) is 4.31 Å². The average Bonchev–Trinajstić information content (AvgIpc) is 3.83. The Morgan fingerprint density at radius 2 is 1.84 bits per heavy atom. The molecular weight excluding hydrogens is 595 g/mol. The van der Waals surface area contributed by atoms with E-state index >= 15 is 4.39 Å². The van der Waals surface area contributed by atoms with Crippen LogP contribution in [-0.4, -0.2) is 85.0 Å². The molecule has 2 saturated heterocycles. The Hall–Kier alpha value is -2.44. The van der Waals surface area contributed by atoms with E-state index in [2.05, 4.69) is 5.32 Å². The van der Waals surface area contributed by atoms with Gasteiger partial charge >= 0.3 is 6.09 Å². The van der Waals surface area contributed by atoms with Crippen molar-refractivity contribution < 1.29 is 27.4 Å². The number of ether oxygens (including phenoxy) is 1. The zero-order chi connectivity index (χ0) is 30.7. The quantitative estimate of drug-likeness (QED) is 0.320. The zero-order valence-corrected chi connectivity index (χ0v) is 26.1. The number of carbonyl (C=O) groups is 1. The van der Waals surface area contributed by atoms with Gasteiger partial charge in [-0.25, -0.2) is 17.6 Å². The second-order valence-electron chi connectivity index (χ2n) is 12.1. The van der Waals surface area contributed by atoms with Crippen LogP contribution in [0.1, 0.15) is 56.1 Å². The van der Waals surface area contributed by atoms with Crippen molar-refractivity contribution in [2.24, 2.45) is 11.7 Å². The molecule has 1 aliphatic carbocycles. The highest BCUT2D eigenvalue weighted by Gasteiger charge is 2.47. The van der Waals surface area contributed by atoms with Crippen LogP contribution in [-0.2, 0) is 21.2 Å². The molecule has 0 bridgehead atoms. The van der Waals surface area contributed by atoms with E-state index < -0.39 is 39.3 Å². The van der Waals surface area contributed by atoms with Crippen molar-refractivity contribution in [3.05, 3.63) is 64.4 Å². The summed E-state index contributed by atoms with van der Waals surface area (Å²) in [5.74, 6) is -0.00558. The minimum Gasteiger partial charge on any atom is -0.465 e. The second kappa shape index (κ2) is 13.7. The summed E-state index contributed by atoms with van der Waals surface area (Å²) in [6.45, 7) is 3.70. The van der Waals surface area contributed by atoms with Gasteiger partial charge in [-0.3, -0.25) is 0 Å². The van der Waals surface area contributed by atoms with Gasteiger partial charge in [-0.1, -0.05) is 29.8 Å². The molecule has 2 aromatic carbocycles. The van der Waals surface area contributed by atoms with Gasteiger partial charge in [0.2, 0.25) is 10.0 Å². The van der Waals surface area contributed by atoms with Crippen molar-refractivity contribution in [2.45, 2.75) is 74.7 Å². The Morgan fingerprint density at radius 1 is 1.14 bits per heavy atom. The number of nitrogens with two attached hydrogens (primary N) is 1. The molecular formula is C31H42ClFN4O5S. The lowest BCUT2D eigenvalue weighted by Gasteiger charge is -2.44. The van der Waals surface area contributed by atoms with E-state index in [-0.39, 0.29) is 37.9 Å². The largest absolute Gasteiger partial charge is 0.465 e. The van der Waals surface area contributed by atoms with Crippen LogP contribution in [0.25, 0.3) is 0 Å². The number of benzene rings is 2. The topological polar surface area (TPSA) is 125 Å². The minimum atomic E-state index is -3.56. The number of nitrogens with one attached hydrogen (secondary N) is 1. The summed E-state index contributed by atoms with van der Waals surface area (Å²) in [4.78, 5) is 13.1. The molecule has 4 unspecified atom stereocenters. The summed E-state index contributed by atoms with van der Waals surface area (Å²) >= 11 is 6.16. The normalized spacial score (nSPS) is 23.6. The molecule has 3 aliphatic rings. The zero-order valence-electron chi connectivity index (χ0n) is 24.5. The predicted octanol–water partition coefficient (Wildman–Crippen LogP) is 4.91. The number of carboxylic acid groups (broad SMARTS) is 1. The Morgan fingerprint density at radius 3 is 2.49 bits per heavy atom. The van der Waals surface area contributed by atoms with Crippen LogP contribution in [0.15, 0.2) is 42.5 Å². The number of sulfonamides is 1. The Labute approximate surface area is 258 Å². The van der Waals surface area contributed by atoms with Crippen molar-refractivity contribution in [1.82, 2.24) is 9.21 Å². The number of nitrogens with zero attached hydrogens (tertiary/aromatic N) is 2. The van der Waals surface area contributed by atoms with E-state index in [1.807, 2.05) is 30.3 Å².